The summed E-state index contributed by atoms with van der Waals surface area (Å²) in [6.07, 6.45) is 4.01. The van der Waals surface area contributed by atoms with Gasteiger partial charge in [-0.2, -0.15) is 0 Å². The van der Waals surface area contributed by atoms with E-state index in [1.54, 1.807) is 24.3 Å². The maximum atomic E-state index is 13.5. The molecule has 0 amide bonds. The van der Waals surface area contributed by atoms with E-state index in [9.17, 15) is 19.8 Å². The summed E-state index contributed by atoms with van der Waals surface area (Å²) < 4.78 is 0. The van der Waals surface area contributed by atoms with E-state index in [4.69, 9.17) is 0 Å². The van der Waals surface area contributed by atoms with Gasteiger partial charge in [-0.3, -0.25) is 9.59 Å². The highest BCUT2D eigenvalue weighted by molar-refractivity contribution is 6.31. The van der Waals surface area contributed by atoms with Crippen molar-refractivity contribution >= 4 is 11.6 Å². The predicted octanol–water partition coefficient (Wildman–Crippen LogP) is 7.11. The molecule has 4 heteroatoms. The Labute approximate surface area is 210 Å². The highest BCUT2D eigenvalue weighted by atomic mass is 16.3. The molecule has 4 aromatic carbocycles. The number of phenols is 2. The summed E-state index contributed by atoms with van der Waals surface area (Å²) in [5.41, 5.74) is 5.09. The van der Waals surface area contributed by atoms with E-state index >= 15 is 0 Å². The summed E-state index contributed by atoms with van der Waals surface area (Å²) in [6, 6.07) is 22.2. The summed E-state index contributed by atoms with van der Waals surface area (Å²) in [4.78, 5) is 27.0. The third-order valence-corrected chi connectivity index (χ3v) is 6.91. The average molecular weight is 477 g/mol. The van der Waals surface area contributed by atoms with Crippen molar-refractivity contribution in [3.8, 4) is 33.8 Å². The topological polar surface area (TPSA) is 74.6 Å². The summed E-state index contributed by atoms with van der Waals surface area (Å²) in [7, 11) is 0. The van der Waals surface area contributed by atoms with Crippen LogP contribution < -0.4 is 0 Å². The lowest BCUT2D eigenvalue weighted by Crippen LogP contribution is -2.21. The molecule has 0 aliphatic heterocycles. The first kappa shape index (κ1) is 23.6. The van der Waals surface area contributed by atoms with E-state index in [-0.39, 0.29) is 33.8 Å². The highest BCUT2D eigenvalue weighted by Gasteiger charge is 2.36. The number of aromatic hydroxyl groups is 2. The fraction of sp³-hybridized carbons (Fsp3) is 0.188. The number of phenolic OH excluding ortho intramolecular Hbond substituents is 2. The second kappa shape index (κ2) is 9.46. The third-order valence-electron chi connectivity index (χ3n) is 6.91. The molecule has 0 bridgehead atoms. The van der Waals surface area contributed by atoms with Gasteiger partial charge in [-0.05, 0) is 59.4 Å². The molecule has 0 spiro atoms. The van der Waals surface area contributed by atoms with Gasteiger partial charge in [0, 0.05) is 22.3 Å². The molecular weight excluding hydrogens is 448 g/mol. The van der Waals surface area contributed by atoms with Crippen LogP contribution in [-0.4, -0.2) is 21.8 Å². The smallest absolute Gasteiger partial charge is 0.198 e. The molecule has 1 aliphatic rings. The maximum absolute atomic E-state index is 13.5. The van der Waals surface area contributed by atoms with E-state index in [1.165, 1.54) is 11.1 Å². The molecule has 0 radical (unpaired) electrons. The summed E-state index contributed by atoms with van der Waals surface area (Å²) in [5, 5.41) is 22.2. The fourth-order valence-corrected chi connectivity index (χ4v) is 5.03. The predicted molar refractivity (Wildman–Crippen MR) is 142 cm³/mol. The largest absolute Gasteiger partial charge is 0.507 e. The normalized spacial score (nSPS) is 12.4. The number of ketones is 2. The van der Waals surface area contributed by atoms with Gasteiger partial charge >= 0.3 is 0 Å². The summed E-state index contributed by atoms with van der Waals surface area (Å²) in [5.74, 6) is -1.37. The van der Waals surface area contributed by atoms with Crippen LogP contribution >= 0.6 is 0 Å². The molecule has 0 atom stereocenters. The van der Waals surface area contributed by atoms with Gasteiger partial charge < -0.3 is 10.2 Å². The van der Waals surface area contributed by atoms with Gasteiger partial charge in [-0.1, -0.05) is 75.2 Å². The van der Waals surface area contributed by atoms with Crippen molar-refractivity contribution in [1.82, 2.24) is 0 Å². The average Bonchev–Trinajstić information content (AvgIpc) is 2.88. The van der Waals surface area contributed by atoms with Crippen LogP contribution in [0.25, 0.3) is 22.3 Å². The zero-order valence-electron chi connectivity index (χ0n) is 20.5. The zero-order valence-corrected chi connectivity index (χ0v) is 20.5. The summed E-state index contributed by atoms with van der Waals surface area (Å²) >= 11 is 0. The molecule has 0 unspecified atom stereocenters. The van der Waals surface area contributed by atoms with Crippen LogP contribution in [0.3, 0.4) is 0 Å². The van der Waals surface area contributed by atoms with Crippen LogP contribution in [0.15, 0.2) is 72.8 Å². The maximum Gasteiger partial charge on any atom is 0.198 e. The molecule has 1 aliphatic carbocycles. The minimum atomic E-state index is -0.471. The first-order valence-electron chi connectivity index (χ1n) is 12.4. The molecule has 2 N–H and O–H groups in total. The molecular formula is C32H28O4. The Morgan fingerprint density at radius 1 is 0.500 bits per heavy atom. The van der Waals surface area contributed by atoms with Crippen LogP contribution in [0.2, 0.25) is 0 Å². The van der Waals surface area contributed by atoms with Crippen LogP contribution in [0, 0.1) is 0 Å². The number of fused-ring (bicyclic) bond motifs is 2. The lowest BCUT2D eigenvalue weighted by atomic mass is 9.80. The van der Waals surface area contributed by atoms with Gasteiger partial charge in [-0.25, -0.2) is 0 Å². The Bertz CT molecular complexity index is 1360. The highest BCUT2D eigenvalue weighted by Crippen LogP contribution is 2.43. The lowest BCUT2D eigenvalue weighted by Gasteiger charge is -2.22. The molecule has 36 heavy (non-hydrogen) atoms. The number of hydrogen-bond donors (Lipinski definition) is 2. The van der Waals surface area contributed by atoms with E-state index < -0.39 is 11.6 Å². The monoisotopic (exact) mass is 476 g/mol. The molecule has 0 saturated carbocycles. The lowest BCUT2D eigenvalue weighted by molar-refractivity contribution is 0.0974. The molecule has 180 valence electrons. The Hall–Kier alpha value is -4.18. The SMILES string of the molecule is CCCc1ccc(-c2ccc3c(c2O)C(=O)c2ccc(-c4ccc(CCC)cc4)c(O)c2C3=O)cc1. The van der Waals surface area contributed by atoms with E-state index in [1.807, 2.05) is 48.5 Å². The quantitative estimate of drug-likeness (QED) is 0.274. The number of hydrogen-bond acceptors (Lipinski definition) is 4. The first-order valence-corrected chi connectivity index (χ1v) is 12.4. The van der Waals surface area contributed by atoms with E-state index in [0.717, 1.165) is 36.8 Å². The third kappa shape index (κ3) is 3.89. The Morgan fingerprint density at radius 3 is 1.17 bits per heavy atom. The number of benzene rings is 4. The van der Waals surface area contributed by atoms with Crippen molar-refractivity contribution in [1.29, 1.82) is 0 Å². The Morgan fingerprint density at radius 2 is 0.833 bits per heavy atom. The Kier molecular flexibility index (Phi) is 6.19. The summed E-state index contributed by atoms with van der Waals surface area (Å²) in [6.45, 7) is 4.24. The molecule has 0 saturated heterocycles. The molecule has 0 heterocycles. The van der Waals surface area contributed by atoms with E-state index in [0.29, 0.717) is 11.1 Å². The van der Waals surface area contributed by atoms with Crippen LogP contribution in [0.1, 0.15) is 69.7 Å². The second-order valence-electron chi connectivity index (χ2n) is 9.32. The van der Waals surface area contributed by atoms with Crippen LogP contribution in [0.4, 0.5) is 0 Å². The van der Waals surface area contributed by atoms with Crippen molar-refractivity contribution < 1.29 is 19.8 Å². The molecule has 5 rings (SSSR count). The van der Waals surface area contributed by atoms with Gasteiger partial charge in [0.2, 0.25) is 0 Å². The van der Waals surface area contributed by atoms with Gasteiger partial charge in [-0.15, -0.1) is 0 Å². The number of carbonyl (C=O) groups excluding carboxylic acids is 2. The zero-order chi connectivity index (χ0) is 25.4. The van der Waals surface area contributed by atoms with Crippen molar-refractivity contribution in [2.75, 3.05) is 0 Å². The van der Waals surface area contributed by atoms with Crippen molar-refractivity contribution in [2.24, 2.45) is 0 Å². The van der Waals surface area contributed by atoms with Crippen molar-refractivity contribution in [3.05, 3.63) is 106 Å². The van der Waals surface area contributed by atoms with Crippen molar-refractivity contribution in [3.63, 3.8) is 0 Å². The first-order chi connectivity index (χ1) is 17.4. The molecule has 4 aromatic rings. The number of carbonyl (C=O) groups is 2. The molecule has 4 nitrogen and oxygen atoms in total. The van der Waals surface area contributed by atoms with Gasteiger partial charge in [0.25, 0.3) is 0 Å². The standard InChI is InChI=1S/C32H28O4/c1-3-5-19-7-11-21(12-8-19)23-15-17-25-27(29(23)33)31(35)26-18-16-24(30(34)28(26)32(25)36)22-13-9-20(6-4-2)10-14-22/h7-18,33-34H,3-6H2,1-2H3. The second-order valence-corrected chi connectivity index (χ2v) is 9.32. The van der Waals surface area contributed by atoms with Gasteiger partial charge in [0.05, 0.1) is 11.1 Å². The van der Waals surface area contributed by atoms with Gasteiger partial charge in [0.1, 0.15) is 11.5 Å². The van der Waals surface area contributed by atoms with Gasteiger partial charge in [0.15, 0.2) is 11.6 Å². The molecule has 0 fully saturated rings. The van der Waals surface area contributed by atoms with Crippen molar-refractivity contribution in [2.45, 2.75) is 39.5 Å². The Balaban J connectivity index is 1.56. The molecule has 0 aromatic heterocycles. The number of aryl methyl sites for hydroxylation is 2. The van der Waals surface area contributed by atoms with E-state index in [2.05, 4.69) is 13.8 Å². The number of rotatable bonds is 6. The minimum Gasteiger partial charge on any atom is -0.507 e. The minimum absolute atomic E-state index is 0.0151. The van der Waals surface area contributed by atoms with Crippen LogP contribution in [-0.2, 0) is 12.8 Å². The van der Waals surface area contributed by atoms with Crippen LogP contribution in [0.5, 0.6) is 11.5 Å². The fourth-order valence-electron chi connectivity index (χ4n) is 5.03.